The molecule has 15 rings (SSSR count). The molecular weight excluding hydrogens is 857 g/mol. The van der Waals surface area contributed by atoms with E-state index in [0.29, 0.717) is 17.5 Å². The molecule has 0 spiro atoms. The van der Waals surface area contributed by atoms with E-state index in [2.05, 4.69) is 186 Å². The van der Waals surface area contributed by atoms with E-state index in [4.69, 9.17) is 29.3 Å². The van der Waals surface area contributed by atoms with Crippen LogP contribution in [0.2, 0.25) is 0 Å². The Bertz CT molecular complexity index is 4330. The number of hydrogen-bond acceptors (Lipinski definition) is 6. The predicted octanol–water partition coefficient (Wildman–Crippen LogP) is 15.8. The molecule has 2 aliphatic carbocycles. The van der Waals surface area contributed by atoms with Crippen LogP contribution in [0.5, 0.6) is 0 Å². The van der Waals surface area contributed by atoms with Gasteiger partial charge in [-0.05, 0) is 120 Å². The lowest BCUT2D eigenvalue weighted by atomic mass is 9.79. The Hall–Kier alpha value is -9.59. The summed E-state index contributed by atoms with van der Waals surface area (Å²) in [5, 5.41) is 0. The molecule has 0 aliphatic heterocycles. The Morgan fingerprint density at radius 2 is 0.757 bits per heavy atom. The normalized spacial score (nSPS) is 12.0. The summed E-state index contributed by atoms with van der Waals surface area (Å²) in [5.74, 6) is 1.79. The third-order valence-corrected chi connectivity index (χ3v) is 14.2. The summed E-state index contributed by atoms with van der Waals surface area (Å²) in [4.78, 5) is 24.9. The first-order chi connectivity index (χ1) is 34.7. The Morgan fingerprint density at radius 3 is 1.37 bits per heavy atom. The van der Waals surface area contributed by atoms with Crippen molar-refractivity contribution in [2.75, 3.05) is 0 Å². The van der Waals surface area contributed by atoms with Gasteiger partial charge in [0.2, 0.25) is 0 Å². The summed E-state index contributed by atoms with van der Waals surface area (Å²) >= 11 is 0. The monoisotopic (exact) mass is 892 g/mol. The highest BCUT2D eigenvalue weighted by Crippen LogP contribution is 2.51. The Labute approximate surface area is 401 Å². The number of para-hydroxylation sites is 3. The van der Waals surface area contributed by atoms with Gasteiger partial charge >= 0.3 is 5.84 Å². The second kappa shape index (κ2) is 15.0. The molecule has 7 nitrogen and oxygen atoms in total. The van der Waals surface area contributed by atoms with Crippen LogP contribution in [-0.2, 0) is 0 Å². The first-order valence-electron chi connectivity index (χ1n) is 23.5. The molecule has 0 amide bonds. The summed E-state index contributed by atoms with van der Waals surface area (Å²) < 4.78 is 8.35. The zero-order valence-corrected chi connectivity index (χ0v) is 37.4. The van der Waals surface area contributed by atoms with Crippen molar-refractivity contribution >= 4 is 28.0 Å². The molecule has 9 aromatic carbocycles. The zero-order chi connectivity index (χ0) is 45.9. The standard InChI is InChI=1S/C63H36N6O/c1-4-17-45-41(13-1)42-14-2-5-18-46(42)54-34-38(27-30-49(54)48-29-26-37(33-53(45)48)40-21-11-24-57-60(40)67-63-69(57)56-23-9-10-25-58(56)70-63)61-65-36-66-62(68-61)39-28-31-50-52-22-12-32-64-59(52)51-20-8-7-16-44(51)43-15-3-6-19-47(43)55(50)35-39/h1-36H. The number of pyridine rings is 1. The summed E-state index contributed by atoms with van der Waals surface area (Å²) in [6.07, 6.45) is 3.51. The molecule has 0 saturated heterocycles. The maximum Gasteiger partial charge on any atom is 0.307 e. The third kappa shape index (κ3) is 5.72. The van der Waals surface area contributed by atoms with Crippen LogP contribution in [0.25, 0.3) is 151 Å². The van der Waals surface area contributed by atoms with Gasteiger partial charge in [-0.3, -0.25) is 9.38 Å². The van der Waals surface area contributed by atoms with Crippen LogP contribution in [0.4, 0.5) is 0 Å². The number of rotatable bonds is 3. The fourth-order valence-corrected chi connectivity index (χ4v) is 11.1. The number of oxazole rings is 1. The van der Waals surface area contributed by atoms with Crippen molar-refractivity contribution in [3.63, 3.8) is 0 Å². The van der Waals surface area contributed by atoms with Gasteiger partial charge in [0.05, 0.1) is 16.7 Å². The van der Waals surface area contributed by atoms with Crippen molar-refractivity contribution in [1.82, 2.24) is 29.3 Å². The second-order valence-corrected chi connectivity index (χ2v) is 18.0. The Kier molecular flexibility index (Phi) is 8.23. The molecule has 4 aromatic heterocycles. The molecule has 7 heteroatoms. The summed E-state index contributed by atoms with van der Waals surface area (Å²) in [5.41, 5.74) is 25.7. The molecule has 0 atom stereocenters. The summed E-state index contributed by atoms with van der Waals surface area (Å²) in [7, 11) is 0. The van der Waals surface area contributed by atoms with Crippen LogP contribution in [-0.4, -0.2) is 29.3 Å². The van der Waals surface area contributed by atoms with Crippen molar-refractivity contribution in [3.05, 3.63) is 219 Å². The average Bonchev–Trinajstić information content (AvgIpc) is 3.99. The van der Waals surface area contributed by atoms with Crippen molar-refractivity contribution in [3.8, 4) is 123 Å². The van der Waals surface area contributed by atoms with Crippen molar-refractivity contribution < 1.29 is 4.42 Å². The third-order valence-electron chi connectivity index (χ3n) is 14.2. The van der Waals surface area contributed by atoms with E-state index in [0.717, 1.165) is 122 Å². The molecule has 324 valence electrons. The van der Waals surface area contributed by atoms with Crippen LogP contribution in [0.1, 0.15) is 0 Å². The van der Waals surface area contributed by atoms with E-state index >= 15 is 0 Å². The number of nitrogens with zero attached hydrogens (tertiary/aromatic N) is 6. The fourth-order valence-electron chi connectivity index (χ4n) is 11.1. The maximum absolute atomic E-state index is 6.24. The minimum absolute atomic E-state index is 0.585. The highest BCUT2D eigenvalue weighted by Gasteiger charge is 2.26. The quantitative estimate of drug-likeness (QED) is 0.176. The number of aromatic nitrogens is 6. The minimum Gasteiger partial charge on any atom is -0.423 e. The largest absolute Gasteiger partial charge is 0.423 e. The van der Waals surface area contributed by atoms with Gasteiger partial charge in [-0.25, -0.2) is 15.0 Å². The number of imidazole rings is 1. The maximum atomic E-state index is 6.24. The van der Waals surface area contributed by atoms with E-state index in [9.17, 15) is 0 Å². The van der Waals surface area contributed by atoms with Crippen molar-refractivity contribution in [2.45, 2.75) is 0 Å². The molecule has 0 fully saturated rings. The van der Waals surface area contributed by atoms with Crippen LogP contribution in [0, 0.1) is 0 Å². The number of hydrogen-bond donors (Lipinski definition) is 0. The van der Waals surface area contributed by atoms with E-state index in [-0.39, 0.29) is 0 Å². The molecule has 13 aromatic rings. The lowest BCUT2D eigenvalue weighted by Crippen LogP contribution is -2.00. The van der Waals surface area contributed by atoms with Gasteiger partial charge in [0.25, 0.3) is 0 Å². The van der Waals surface area contributed by atoms with Gasteiger partial charge in [0.15, 0.2) is 17.2 Å². The van der Waals surface area contributed by atoms with Crippen LogP contribution < -0.4 is 0 Å². The first-order valence-corrected chi connectivity index (χ1v) is 23.5. The molecule has 4 heterocycles. The topological polar surface area (TPSA) is 82.0 Å². The zero-order valence-electron chi connectivity index (χ0n) is 37.4. The Morgan fingerprint density at radius 1 is 0.314 bits per heavy atom. The molecule has 70 heavy (non-hydrogen) atoms. The van der Waals surface area contributed by atoms with E-state index < -0.39 is 0 Å². The minimum atomic E-state index is 0.585. The van der Waals surface area contributed by atoms with Crippen molar-refractivity contribution in [1.29, 1.82) is 0 Å². The molecule has 2 aliphatic rings. The highest BCUT2D eigenvalue weighted by atomic mass is 16.4. The molecule has 0 radical (unpaired) electrons. The van der Waals surface area contributed by atoms with Gasteiger partial charge < -0.3 is 4.42 Å². The van der Waals surface area contributed by atoms with Crippen LogP contribution in [0.3, 0.4) is 0 Å². The first kappa shape index (κ1) is 38.5. The second-order valence-electron chi connectivity index (χ2n) is 18.0. The predicted molar refractivity (Wildman–Crippen MR) is 281 cm³/mol. The van der Waals surface area contributed by atoms with E-state index in [1.165, 1.54) is 11.1 Å². The van der Waals surface area contributed by atoms with E-state index in [1.54, 1.807) is 6.33 Å². The molecule has 0 unspecified atom stereocenters. The summed E-state index contributed by atoms with van der Waals surface area (Å²) in [6.45, 7) is 0. The number of fused-ring (bicyclic) bond motifs is 21. The number of benzene rings is 9. The average molecular weight is 893 g/mol. The van der Waals surface area contributed by atoms with Crippen LogP contribution >= 0.6 is 0 Å². The summed E-state index contributed by atoms with van der Waals surface area (Å²) in [6, 6.07) is 73.3. The van der Waals surface area contributed by atoms with Gasteiger partial charge in [-0.1, -0.05) is 164 Å². The molecule has 0 saturated carbocycles. The van der Waals surface area contributed by atoms with E-state index in [1.807, 2.05) is 30.5 Å². The SMILES string of the molecule is c1ccc2c(c1)-c1ccccc1-c1cc(-c3cccc4c3nc3oc5ccccc5n34)ccc1-c1ccc(-c3ncnc(-c4ccc5c(c4)-c4ccccc4-c4ccccc4-c4ncccc4-5)n3)cc1-2. The van der Waals surface area contributed by atoms with Gasteiger partial charge in [0, 0.05) is 34.0 Å². The molecule has 0 N–H and O–H groups in total. The van der Waals surface area contributed by atoms with Gasteiger partial charge in [0.1, 0.15) is 11.8 Å². The highest BCUT2D eigenvalue weighted by molar-refractivity contribution is 6.07. The molecular formula is C63H36N6O. The lowest BCUT2D eigenvalue weighted by molar-refractivity contribution is 0.643. The van der Waals surface area contributed by atoms with Gasteiger partial charge in [-0.2, -0.15) is 4.98 Å². The van der Waals surface area contributed by atoms with Gasteiger partial charge in [-0.15, -0.1) is 0 Å². The Balaban J connectivity index is 0.874. The van der Waals surface area contributed by atoms with Crippen molar-refractivity contribution in [2.24, 2.45) is 0 Å². The lowest BCUT2D eigenvalue weighted by Gasteiger charge is -2.24. The fraction of sp³-hybridized carbons (Fsp3) is 0. The smallest absolute Gasteiger partial charge is 0.307 e. The molecule has 0 bridgehead atoms. The van der Waals surface area contributed by atoms with Crippen LogP contribution in [0.15, 0.2) is 223 Å².